The summed E-state index contributed by atoms with van der Waals surface area (Å²) in [6.07, 6.45) is 0.215. The molecule has 4 rings (SSSR count). The van der Waals surface area contributed by atoms with Crippen molar-refractivity contribution in [1.82, 2.24) is 4.90 Å². The van der Waals surface area contributed by atoms with E-state index in [1.165, 1.54) is 5.56 Å². The molecule has 2 heterocycles. The number of hydrogen-bond acceptors (Lipinski definition) is 4. The maximum atomic E-state index is 9.04. The van der Waals surface area contributed by atoms with Crippen molar-refractivity contribution in [3.8, 4) is 6.07 Å². The number of ether oxygens (including phenoxy) is 1. The van der Waals surface area contributed by atoms with Gasteiger partial charge in [0.25, 0.3) is 0 Å². The predicted octanol–water partition coefficient (Wildman–Crippen LogP) is 3.30. The number of benzene rings is 2. The van der Waals surface area contributed by atoms with Gasteiger partial charge < -0.3 is 9.64 Å². The second-order valence-electron chi connectivity index (χ2n) is 6.61. The predicted molar refractivity (Wildman–Crippen MR) is 98.8 cm³/mol. The molecule has 2 saturated heterocycles. The fourth-order valence-corrected chi connectivity index (χ4v) is 3.99. The SMILES string of the molecule is N#Cc1ccc(N2CC3OCCN(Cc4ccccc4)C3C2)cc1Cl. The van der Waals surface area contributed by atoms with Crippen molar-refractivity contribution < 1.29 is 4.74 Å². The van der Waals surface area contributed by atoms with E-state index in [1.54, 1.807) is 6.07 Å². The van der Waals surface area contributed by atoms with Gasteiger partial charge in [0.1, 0.15) is 6.07 Å². The van der Waals surface area contributed by atoms with E-state index in [9.17, 15) is 0 Å². The Balaban J connectivity index is 1.51. The molecule has 25 heavy (non-hydrogen) atoms. The van der Waals surface area contributed by atoms with E-state index in [2.05, 4.69) is 46.2 Å². The average molecular weight is 354 g/mol. The van der Waals surface area contributed by atoms with E-state index in [1.807, 2.05) is 12.1 Å². The lowest BCUT2D eigenvalue weighted by molar-refractivity contribution is -0.0499. The third-order valence-corrected chi connectivity index (χ3v) is 5.40. The average Bonchev–Trinajstić information content (AvgIpc) is 3.08. The van der Waals surface area contributed by atoms with Crippen molar-refractivity contribution in [2.24, 2.45) is 0 Å². The van der Waals surface area contributed by atoms with E-state index in [0.717, 1.165) is 38.5 Å². The van der Waals surface area contributed by atoms with Crippen molar-refractivity contribution in [3.05, 3.63) is 64.7 Å². The third kappa shape index (κ3) is 3.36. The molecule has 0 spiro atoms. The van der Waals surface area contributed by atoms with E-state index in [-0.39, 0.29) is 6.10 Å². The first-order chi connectivity index (χ1) is 12.2. The Labute approximate surface area is 153 Å². The second-order valence-corrected chi connectivity index (χ2v) is 7.02. The fraction of sp³-hybridized carbons (Fsp3) is 0.350. The summed E-state index contributed by atoms with van der Waals surface area (Å²) in [5, 5.41) is 9.55. The number of nitrogens with zero attached hydrogens (tertiary/aromatic N) is 3. The minimum absolute atomic E-state index is 0.215. The van der Waals surface area contributed by atoms with Gasteiger partial charge >= 0.3 is 0 Å². The van der Waals surface area contributed by atoms with Crippen LogP contribution in [-0.2, 0) is 11.3 Å². The highest BCUT2D eigenvalue weighted by Gasteiger charge is 2.40. The van der Waals surface area contributed by atoms with Gasteiger partial charge in [0.15, 0.2) is 0 Å². The van der Waals surface area contributed by atoms with Crippen molar-refractivity contribution in [2.75, 3.05) is 31.1 Å². The zero-order valence-electron chi connectivity index (χ0n) is 13.9. The number of halogens is 1. The van der Waals surface area contributed by atoms with Crippen LogP contribution in [0.25, 0.3) is 0 Å². The molecule has 2 aliphatic heterocycles. The van der Waals surface area contributed by atoms with Gasteiger partial charge in [-0.25, -0.2) is 0 Å². The summed E-state index contributed by atoms with van der Waals surface area (Å²) in [6.45, 7) is 4.46. The molecule has 5 heteroatoms. The summed E-state index contributed by atoms with van der Waals surface area (Å²) in [5.74, 6) is 0. The molecule has 0 bridgehead atoms. The third-order valence-electron chi connectivity index (χ3n) is 5.08. The molecular weight excluding hydrogens is 334 g/mol. The Bertz CT molecular complexity index is 789. The van der Waals surface area contributed by atoms with Crippen LogP contribution in [0.2, 0.25) is 5.02 Å². The molecular formula is C20H20ClN3O. The first kappa shape index (κ1) is 16.4. The molecule has 4 nitrogen and oxygen atoms in total. The van der Waals surface area contributed by atoms with Gasteiger partial charge in [0.05, 0.1) is 29.3 Å². The molecule has 2 aliphatic rings. The molecule has 2 fully saturated rings. The molecule has 0 saturated carbocycles. The van der Waals surface area contributed by atoms with Gasteiger partial charge in [-0.2, -0.15) is 5.26 Å². The molecule has 0 radical (unpaired) electrons. The molecule has 2 aromatic rings. The topological polar surface area (TPSA) is 39.5 Å². The van der Waals surface area contributed by atoms with E-state index in [0.29, 0.717) is 16.6 Å². The summed E-state index contributed by atoms with van der Waals surface area (Å²) in [4.78, 5) is 4.83. The Morgan fingerprint density at radius 3 is 2.76 bits per heavy atom. The number of anilines is 1. The summed E-state index contributed by atoms with van der Waals surface area (Å²) in [5.41, 5.74) is 2.91. The summed E-state index contributed by atoms with van der Waals surface area (Å²) < 4.78 is 6.03. The van der Waals surface area contributed by atoms with E-state index >= 15 is 0 Å². The maximum absolute atomic E-state index is 9.04. The fourth-order valence-electron chi connectivity index (χ4n) is 3.77. The second kappa shape index (κ2) is 7.05. The monoisotopic (exact) mass is 353 g/mol. The van der Waals surface area contributed by atoms with Crippen molar-refractivity contribution in [3.63, 3.8) is 0 Å². The number of hydrogen-bond donors (Lipinski definition) is 0. The van der Waals surface area contributed by atoms with Gasteiger partial charge in [-0.3, -0.25) is 4.90 Å². The molecule has 128 valence electrons. The van der Waals surface area contributed by atoms with Crippen LogP contribution in [0, 0.1) is 11.3 Å². The molecule has 2 atom stereocenters. The van der Waals surface area contributed by atoms with Crippen LogP contribution in [0.5, 0.6) is 0 Å². The molecule has 0 aromatic heterocycles. The van der Waals surface area contributed by atoms with Crippen LogP contribution >= 0.6 is 11.6 Å². The number of morpholine rings is 1. The van der Waals surface area contributed by atoms with Crippen LogP contribution < -0.4 is 4.90 Å². The highest BCUT2D eigenvalue weighted by Crippen LogP contribution is 2.30. The van der Waals surface area contributed by atoms with Crippen molar-refractivity contribution in [1.29, 1.82) is 5.26 Å². The quantitative estimate of drug-likeness (QED) is 0.848. The Hall–Kier alpha value is -2.06. The van der Waals surface area contributed by atoms with Crippen LogP contribution in [0.4, 0.5) is 5.69 Å². The zero-order chi connectivity index (χ0) is 17.2. The summed E-state index contributed by atoms with van der Waals surface area (Å²) >= 11 is 6.21. The Morgan fingerprint density at radius 1 is 1.16 bits per heavy atom. The highest BCUT2D eigenvalue weighted by atomic mass is 35.5. The highest BCUT2D eigenvalue weighted by molar-refractivity contribution is 6.32. The molecule has 0 aliphatic carbocycles. The molecule has 0 amide bonds. The molecule has 2 unspecified atom stereocenters. The van der Waals surface area contributed by atoms with Crippen LogP contribution in [-0.4, -0.2) is 43.3 Å². The lowest BCUT2D eigenvalue weighted by Crippen LogP contribution is -2.50. The minimum Gasteiger partial charge on any atom is -0.373 e. The standard InChI is InChI=1S/C20H20ClN3O/c21-18-10-17(7-6-16(18)11-22)24-13-19-20(14-24)25-9-8-23(19)12-15-4-2-1-3-5-15/h1-7,10,19-20H,8-9,12-14H2. The normalized spacial score (nSPS) is 23.3. The van der Waals surface area contributed by atoms with Crippen molar-refractivity contribution >= 4 is 17.3 Å². The van der Waals surface area contributed by atoms with Gasteiger partial charge in [-0.15, -0.1) is 0 Å². The number of rotatable bonds is 3. The van der Waals surface area contributed by atoms with Crippen molar-refractivity contribution in [2.45, 2.75) is 18.7 Å². The first-order valence-electron chi connectivity index (χ1n) is 8.59. The lowest BCUT2D eigenvalue weighted by atomic mass is 10.1. The largest absolute Gasteiger partial charge is 0.373 e. The number of nitriles is 1. The Kier molecular flexibility index (Phi) is 4.63. The Morgan fingerprint density at radius 2 is 2.00 bits per heavy atom. The van der Waals surface area contributed by atoms with Gasteiger partial charge in [-0.1, -0.05) is 41.9 Å². The maximum Gasteiger partial charge on any atom is 0.101 e. The zero-order valence-corrected chi connectivity index (χ0v) is 14.7. The first-order valence-corrected chi connectivity index (χ1v) is 8.96. The summed E-state index contributed by atoms with van der Waals surface area (Å²) in [6, 6.07) is 18.7. The van der Waals surface area contributed by atoms with Gasteiger partial charge in [-0.05, 0) is 23.8 Å². The van der Waals surface area contributed by atoms with Crippen LogP contribution in [0.3, 0.4) is 0 Å². The van der Waals surface area contributed by atoms with E-state index in [4.69, 9.17) is 21.6 Å². The van der Waals surface area contributed by atoms with Gasteiger partial charge in [0, 0.05) is 31.9 Å². The van der Waals surface area contributed by atoms with Crippen LogP contribution in [0.1, 0.15) is 11.1 Å². The smallest absolute Gasteiger partial charge is 0.101 e. The summed E-state index contributed by atoms with van der Waals surface area (Å²) in [7, 11) is 0. The minimum atomic E-state index is 0.215. The van der Waals surface area contributed by atoms with Gasteiger partial charge in [0.2, 0.25) is 0 Å². The lowest BCUT2D eigenvalue weighted by Gasteiger charge is -2.36. The molecule has 0 N–H and O–H groups in total. The van der Waals surface area contributed by atoms with E-state index < -0.39 is 0 Å². The molecule has 2 aromatic carbocycles. The van der Waals surface area contributed by atoms with Crippen LogP contribution in [0.15, 0.2) is 48.5 Å². The number of fused-ring (bicyclic) bond motifs is 1.